The van der Waals surface area contributed by atoms with Crippen LogP contribution in [0.3, 0.4) is 0 Å². The van der Waals surface area contributed by atoms with Gasteiger partial charge in [-0.25, -0.2) is 4.99 Å². The fourth-order valence-electron chi connectivity index (χ4n) is 3.32. The van der Waals surface area contributed by atoms with Gasteiger partial charge in [-0.2, -0.15) is 0 Å². The molecule has 0 bridgehead atoms. The lowest BCUT2D eigenvalue weighted by Crippen LogP contribution is -2.13. The fraction of sp³-hybridized carbons (Fsp3) is 0. The molecular formula is C24H15BrN2O2. The third-order valence-corrected chi connectivity index (χ3v) is 5.23. The Labute approximate surface area is 176 Å². The summed E-state index contributed by atoms with van der Waals surface area (Å²) >= 11 is 3.44. The Morgan fingerprint density at radius 1 is 0.793 bits per heavy atom. The van der Waals surface area contributed by atoms with Crippen LogP contribution in [0.2, 0.25) is 0 Å². The number of nitrogens with one attached hydrogen (secondary N) is 1. The zero-order valence-corrected chi connectivity index (χ0v) is 16.8. The van der Waals surface area contributed by atoms with Gasteiger partial charge in [-0.1, -0.05) is 46.3 Å². The van der Waals surface area contributed by atoms with Crippen molar-refractivity contribution in [3.8, 4) is 11.5 Å². The molecule has 0 aromatic heterocycles. The van der Waals surface area contributed by atoms with Crippen molar-refractivity contribution in [2.75, 3.05) is 5.32 Å². The van der Waals surface area contributed by atoms with Gasteiger partial charge in [0.15, 0.2) is 0 Å². The third kappa shape index (κ3) is 3.52. The molecule has 4 nitrogen and oxygen atoms in total. The number of carbonyl (C=O) groups excluding carboxylic acids is 1. The summed E-state index contributed by atoms with van der Waals surface area (Å²) in [5, 5.41) is 5.14. The summed E-state index contributed by atoms with van der Waals surface area (Å²) in [5.41, 5.74) is 2.66. The van der Waals surface area contributed by atoms with Crippen LogP contribution in [0.25, 0.3) is 10.8 Å². The Balaban J connectivity index is 1.40. The minimum Gasteiger partial charge on any atom is -0.457 e. The quantitative estimate of drug-likeness (QED) is 0.395. The summed E-state index contributed by atoms with van der Waals surface area (Å²) in [6, 6.07) is 27.2. The van der Waals surface area contributed by atoms with Crippen LogP contribution in [0.1, 0.15) is 5.56 Å². The lowest BCUT2D eigenvalue weighted by molar-refractivity contribution is -0.110. The second-order valence-electron chi connectivity index (χ2n) is 6.71. The zero-order valence-electron chi connectivity index (χ0n) is 15.2. The van der Waals surface area contributed by atoms with Crippen LogP contribution in [0, 0.1) is 0 Å². The summed E-state index contributed by atoms with van der Waals surface area (Å²) in [6.45, 7) is 0. The van der Waals surface area contributed by atoms with Crippen LogP contribution in [-0.2, 0) is 4.79 Å². The van der Waals surface area contributed by atoms with E-state index in [4.69, 9.17) is 4.74 Å². The Morgan fingerprint density at radius 2 is 1.55 bits per heavy atom. The molecule has 0 radical (unpaired) electrons. The average Bonchev–Trinajstić information content (AvgIpc) is 3.04. The number of rotatable bonds is 3. The molecule has 5 rings (SSSR count). The molecule has 4 aromatic carbocycles. The van der Waals surface area contributed by atoms with Crippen molar-refractivity contribution in [1.29, 1.82) is 0 Å². The molecule has 0 unspecified atom stereocenters. The molecular weight excluding hydrogens is 428 g/mol. The maximum absolute atomic E-state index is 12.3. The number of fused-ring (bicyclic) bond motifs is 2. The van der Waals surface area contributed by atoms with Crippen LogP contribution in [0.4, 0.5) is 11.4 Å². The van der Waals surface area contributed by atoms with Gasteiger partial charge >= 0.3 is 0 Å². The maximum Gasteiger partial charge on any atom is 0.275 e. The second-order valence-corrected chi connectivity index (χ2v) is 7.63. The van der Waals surface area contributed by atoms with E-state index in [0.717, 1.165) is 26.9 Å². The summed E-state index contributed by atoms with van der Waals surface area (Å²) in [7, 11) is 0. The molecule has 29 heavy (non-hydrogen) atoms. The molecule has 1 N–H and O–H groups in total. The Bertz CT molecular complexity index is 1280. The number of amides is 1. The number of aliphatic imine (C=N–C) groups is 1. The van der Waals surface area contributed by atoms with Gasteiger partial charge in [0.25, 0.3) is 5.91 Å². The molecule has 0 saturated heterocycles. The van der Waals surface area contributed by atoms with E-state index in [1.54, 1.807) is 0 Å². The normalized spacial score (nSPS) is 14.1. The summed E-state index contributed by atoms with van der Waals surface area (Å²) in [4.78, 5) is 16.8. The highest BCUT2D eigenvalue weighted by Gasteiger charge is 2.26. The largest absolute Gasteiger partial charge is 0.457 e. The van der Waals surface area contributed by atoms with Gasteiger partial charge in [0.05, 0.1) is 11.4 Å². The summed E-state index contributed by atoms with van der Waals surface area (Å²) in [6.07, 6.45) is 0. The fourth-order valence-corrected chi connectivity index (χ4v) is 3.68. The Hall–Kier alpha value is -3.44. The summed E-state index contributed by atoms with van der Waals surface area (Å²) < 4.78 is 6.87. The molecule has 0 aliphatic carbocycles. The molecule has 1 heterocycles. The minimum absolute atomic E-state index is 0.199. The van der Waals surface area contributed by atoms with Crippen molar-refractivity contribution >= 4 is 49.7 Å². The average molecular weight is 443 g/mol. The Morgan fingerprint density at radius 3 is 2.38 bits per heavy atom. The highest BCUT2D eigenvalue weighted by atomic mass is 79.9. The first-order valence-corrected chi connectivity index (χ1v) is 9.92. The molecule has 0 atom stereocenters. The molecule has 4 aromatic rings. The predicted octanol–water partition coefficient (Wildman–Crippen LogP) is 6.47. The van der Waals surface area contributed by atoms with E-state index in [-0.39, 0.29) is 5.91 Å². The topological polar surface area (TPSA) is 50.7 Å². The Kier molecular flexibility index (Phi) is 4.37. The van der Waals surface area contributed by atoms with E-state index in [0.29, 0.717) is 17.1 Å². The van der Waals surface area contributed by atoms with Gasteiger partial charge < -0.3 is 10.1 Å². The number of hydrogen-bond donors (Lipinski definition) is 1. The van der Waals surface area contributed by atoms with Gasteiger partial charge in [-0.05, 0) is 65.4 Å². The van der Waals surface area contributed by atoms with E-state index >= 15 is 0 Å². The van der Waals surface area contributed by atoms with E-state index in [9.17, 15) is 4.79 Å². The van der Waals surface area contributed by atoms with Crippen LogP contribution in [0.5, 0.6) is 11.5 Å². The summed E-state index contributed by atoms with van der Waals surface area (Å²) in [5.74, 6) is 1.29. The zero-order chi connectivity index (χ0) is 19.8. The van der Waals surface area contributed by atoms with Crippen molar-refractivity contribution < 1.29 is 9.53 Å². The van der Waals surface area contributed by atoms with Gasteiger partial charge in [-0.3, -0.25) is 4.79 Å². The van der Waals surface area contributed by atoms with Crippen LogP contribution < -0.4 is 10.1 Å². The SMILES string of the molecule is O=C1Nc2ccc(Br)cc2C1=Nc1ccc(Oc2ccc3ccccc3c2)cc1. The molecule has 1 aliphatic heterocycles. The monoisotopic (exact) mass is 442 g/mol. The van der Waals surface area contributed by atoms with E-state index in [1.165, 1.54) is 5.39 Å². The maximum atomic E-state index is 12.3. The number of hydrogen-bond acceptors (Lipinski definition) is 3. The number of carbonyl (C=O) groups is 1. The predicted molar refractivity (Wildman–Crippen MR) is 119 cm³/mol. The van der Waals surface area contributed by atoms with E-state index in [2.05, 4.69) is 38.4 Å². The van der Waals surface area contributed by atoms with E-state index < -0.39 is 0 Å². The first kappa shape index (κ1) is 17.6. The third-order valence-electron chi connectivity index (χ3n) is 4.73. The number of benzene rings is 4. The van der Waals surface area contributed by atoms with Crippen molar-refractivity contribution in [3.05, 3.63) is 95.0 Å². The molecule has 0 fully saturated rings. The highest BCUT2D eigenvalue weighted by molar-refractivity contribution is 9.10. The van der Waals surface area contributed by atoms with Crippen LogP contribution in [-0.4, -0.2) is 11.6 Å². The van der Waals surface area contributed by atoms with Crippen molar-refractivity contribution in [2.24, 2.45) is 4.99 Å². The molecule has 1 amide bonds. The molecule has 5 heteroatoms. The smallest absolute Gasteiger partial charge is 0.275 e. The standard InChI is InChI=1S/C24H15BrN2O2/c25-17-6-12-22-21(14-17)23(24(28)27-22)26-18-7-10-19(11-8-18)29-20-9-5-15-3-1-2-4-16(15)13-20/h1-14H,(H,26,27,28). The minimum atomic E-state index is -0.199. The lowest BCUT2D eigenvalue weighted by atomic mass is 10.1. The first-order valence-electron chi connectivity index (χ1n) is 9.12. The molecule has 0 saturated carbocycles. The van der Waals surface area contributed by atoms with Crippen LogP contribution in [0.15, 0.2) is 94.4 Å². The van der Waals surface area contributed by atoms with Crippen LogP contribution >= 0.6 is 15.9 Å². The molecule has 1 aliphatic rings. The van der Waals surface area contributed by atoms with Gasteiger partial charge in [-0.15, -0.1) is 0 Å². The van der Waals surface area contributed by atoms with Gasteiger partial charge in [0.1, 0.15) is 17.2 Å². The van der Waals surface area contributed by atoms with Crippen molar-refractivity contribution in [2.45, 2.75) is 0 Å². The number of anilines is 1. The first-order chi connectivity index (χ1) is 14.2. The number of ether oxygens (including phenoxy) is 1. The van der Waals surface area contributed by atoms with E-state index in [1.807, 2.05) is 72.8 Å². The number of nitrogens with zero attached hydrogens (tertiary/aromatic N) is 1. The second kappa shape index (κ2) is 7.18. The van der Waals surface area contributed by atoms with Crippen molar-refractivity contribution in [1.82, 2.24) is 0 Å². The highest BCUT2D eigenvalue weighted by Crippen LogP contribution is 2.30. The van der Waals surface area contributed by atoms with Gasteiger partial charge in [0, 0.05) is 10.0 Å². The van der Waals surface area contributed by atoms with Crippen molar-refractivity contribution in [3.63, 3.8) is 0 Å². The van der Waals surface area contributed by atoms with Gasteiger partial charge in [0.2, 0.25) is 0 Å². The lowest BCUT2D eigenvalue weighted by Gasteiger charge is -2.07. The molecule has 0 spiro atoms. The molecule has 140 valence electrons. The number of halogens is 1.